The summed E-state index contributed by atoms with van der Waals surface area (Å²) >= 11 is 6.20. The lowest BCUT2D eigenvalue weighted by atomic mass is 9.97. The normalized spacial score (nSPS) is 18.8. The Morgan fingerprint density at radius 2 is 2.16 bits per heavy atom. The minimum absolute atomic E-state index is 0.637. The Bertz CT molecular complexity index is 756. The van der Waals surface area contributed by atoms with Crippen molar-refractivity contribution in [1.82, 2.24) is 9.88 Å². The number of ether oxygens (including phenoxy) is 1. The maximum Gasteiger partial charge on any atom is 0.219 e. The second-order valence-corrected chi connectivity index (χ2v) is 7.59. The van der Waals surface area contributed by atoms with E-state index in [0.29, 0.717) is 5.92 Å². The number of likely N-dealkylation sites (tertiary alicyclic amines) is 1. The zero-order valence-electron chi connectivity index (χ0n) is 14.9. The third kappa shape index (κ3) is 3.56. The molecule has 0 spiro atoms. The first-order chi connectivity index (χ1) is 12.2. The Hall–Kier alpha value is -1.52. The second-order valence-electron chi connectivity index (χ2n) is 7.15. The van der Waals surface area contributed by atoms with Crippen molar-refractivity contribution in [2.24, 2.45) is 5.92 Å². The molecule has 1 aromatic heterocycles. The van der Waals surface area contributed by atoms with Crippen LogP contribution in [-0.2, 0) is 6.42 Å². The van der Waals surface area contributed by atoms with Gasteiger partial charge in [-0.05, 0) is 69.4 Å². The van der Waals surface area contributed by atoms with E-state index in [2.05, 4.69) is 17.1 Å². The highest BCUT2D eigenvalue weighted by Crippen LogP contribution is 2.37. The molecule has 4 nitrogen and oxygen atoms in total. The van der Waals surface area contributed by atoms with Crippen LogP contribution in [0.1, 0.15) is 31.7 Å². The highest BCUT2D eigenvalue weighted by Gasteiger charge is 2.22. The van der Waals surface area contributed by atoms with Gasteiger partial charge in [0.05, 0.1) is 17.8 Å². The molecule has 2 aliphatic rings. The number of rotatable bonds is 4. The summed E-state index contributed by atoms with van der Waals surface area (Å²) in [4.78, 5) is 7.33. The number of benzene rings is 1. The first kappa shape index (κ1) is 16.9. The number of nitrogens with one attached hydrogen (secondary N) is 1. The van der Waals surface area contributed by atoms with Gasteiger partial charge < -0.3 is 15.0 Å². The summed E-state index contributed by atoms with van der Waals surface area (Å²) < 4.78 is 6.25. The van der Waals surface area contributed by atoms with Gasteiger partial charge in [-0.25, -0.2) is 4.98 Å². The van der Waals surface area contributed by atoms with Crippen LogP contribution in [0.25, 0.3) is 10.9 Å². The molecular formula is C20H26ClN3O. The quantitative estimate of drug-likeness (QED) is 0.880. The molecule has 0 unspecified atom stereocenters. The zero-order chi connectivity index (χ0) is 17.2. The van der Waals surface area contributed by atoms with Gasteiger partial charge in [-0.2, -0.15) is 0 Å². The molecule has 0 bridgehead atoms. The number of hydrogen-bond donors (Lipinski definition) is 1. The minimum Gasteiger partial charge on any atom is -0.477 e. The van der Waals surface area contributed by atoms with E-state index in [-0.39, 0.29) is 0 Å². The highest BCUT2D eigenvalue weighted by molar-refractivity contribution is 6.31. The van der Waals surface area contributed by atoms with E-state index in [1.807, 2.05) is 18.2 Å². The smallest absolute Gasteiger partial charge is 0.219 e. The van der Waals surface area contributed by atoms with Gasteiger partial charge in [0, 0.05) is 22.5 Å². The van der Waals surface area contributed by atoms with Crippen molar-refractivity contribution in [3.63, 3.8) is 0 Å². The van der Waals surface area contributed by atoms with Gasteiger partial charge in [0.2, 0.25) is 5.88 Å². The van der Waals surface area contributed by atoms with E-state index >= 15 is 0 Å². The summed E-state index contributed by atoms with van der Waals surface area (Å²) in [7, 11) is 0. The number of pyridine rings is 1. The first-order valence-electron chi connectivity index (χ1n) is 9.45. The molecule has 0 aliphatic carbocycles. The lowest BCUT2D eigenvalue weighted by molar-refractivity contribution is 0.143. The van der Waals surface area contributed by atoms with E-state index in [9.17, 15) is 0 Å². The van der Waals surface area contributed by atoms with Gasteiger partial charge in [0.25, 0.3) is 0 Å². The number of nitrogens with zero attached hydrogens (tertiary/aromatic N) is 2. The standard InChI is InChI=1S/C20H26ClN3O/c1-2-24-10-7-14(8-11-24)13-25-20-16-4-3-9-22-19(16)17-12-15(21)5-6-18(17)23-20/h5-6,12,14,22H,2-4,7-11,13H2,1H3. The molecular weight excluding hydrogens is 334 g/mol. The number of hydrogen-bond acceptors (Lipinski definition) is 4. The van der Waals surface area contributed by atoms with Gasteiger partial charge in [-0.1, -0.05) is 18.5 Å². The average Bonchev–Trinajstić information content (AvgIpc) is 2.67. The lowest BCUT2D eigenvalue weighted by Crippen LogP contribution is -2.35. The Morgan fingerprint density at radius 1 is 1.32 bits per heavy atom. The Kier molecular flexibility index (Phi) is 5.00. The molecule has 1 saturated heterocycles. The van der Waals surface area contributed by atoms with Crippen LogP contribution in [0.3, 0.4) is 0 Å². The summed E-state index contributed by atoms with van der Waals surface area (Å²) in [5.74, 6) is 1.45. The molecule has 0 radical (unpaired) electrons. The molecule has 0 atom stereocenters. The number of halogens is 1. The van der Waals surface area contributed by atoms with Crippen LogP contribution in [0.4, 0.5) is 5.69 Å². The third-order valence-corrected chi connectivity index (χ3v) is 5.76. The minimum atomic E-state index is 0.637. The van der Waals surface area contributed by atoms with E-state index < -0.39 is 0 Å². The Morgan fingerprint density at radius 3 is 2.96 bits per heavy atom. The number of fused-ring (bicyclic) bond motifs is 3. The van der Waals surface area contributed by atoms with Crippen LogP contribution < -0.4 is 10.1 Å². The van der Waals surface area contributed by atoms with E-state index in [1.54, 1.807) is 0 Å². The van der Waals surface area contributed by atoms with Crippen molar-refractivity contribution >= 4 is 28.2 Å². The molecule has 1 fully saturated rings. The van der Waals surface area contributed by atoms with Crippen molar-refractivity contribution in [2.45, 2.75) is 32.6 Å². The van der Waals surface area contributed by atoms with E-state index in [4.69, 9.17) is 21.3 Å². The molecule has 0 saturated carbocycles. The van der Waals surface area contributed by atoms with Crippen LogP contribution in [0.5, 0.6) is 5.88 Å². The topological polar surface area (TPSA) is 37.4 Å². The summed E-state index contributed by atoms with van der Waals surface area (Å²) in [5.41, 5.74) is 3.33. The predicted octanol–water partition coefficient (Wildman–Crippen LogP) is 4.36. The van der Waals surface area contributed by atoms with Crippen LogP contribution in [0.2, 0.25) is 5.02 Å². The monoisotopic (exact) mass is 359 g/mol. The third-order valence-electron chi connectivity index (χ3n) is 5.53. The van der Waals surface area contributed by atoms with Crippen molar-refractivity contribution in [3.8, 4) is 5.88 Å². The van der Waals surface area contributed by atoms with Gasteiger partial charge in [0.1, 0.15) is 0 Å². The van der Waals surface area contributed by atoms with Gasteiger partial charge in [-0.3, -0.25) is 0 Å². The molecule has 4 rings (SSSR count). The van der Waals surface area contributed by atoms with Crippen LogP contribution in [-0.4, -0.2) is 42.7 Å². The SMILES string of the molecule is CCN1CCC(COc2nc3ccc(Cl)cc3c3c2CCCN3)CC1. The summed E-state index contributed by atoms with van der Waals surface area (Å²) in [5, 5.41) is 5.39. The molecule has 1 N–H and O–H groups in total. The molecule has 2 aliphatic heterocycles. The van der Waals surface area contributed by atoms with Crippen molar-refractivity contribution in [3.05, 3.63) is 28.8 Å². The maximum absolute atomic E-state index is 6.25. The first-order valence-corrected chi connectivity index (χ1v) is 9.83. The fourth-order valence-corrected chi connectivity index (χ4v) is 4.12. The lowest BCUT2D eigenvalue weighted by Gasteiger charge is -2.31. The van der Waals surface area contributed by atoms with Crippen molar-refractivity contribution < 1.29 is 4.74 Å². The Labute approximate surface area is 154 Å². The molecule has 5 heteroatoms. The number of anilines is 1. The summed E-state index contributed by atoms with van der Waals surface area (Å²) in [6, 6.07) is 5.89. The van der Waals surface area contributed by atoms with E-state index in [1.165, 1.54) is 31.5 Å². The maximum atomic E-state index is 6.25. The molecule has 25 heavy (non-hydrogen) atoms. The fraction of sp³-hybridized carbons (Fsp3) is 0.550. The largest absolute Gasteiger partial charge is 0.477 e. The molecule has 1 aromatic carbocycles. The molecule has 0 amide bonds. The van der Waals surface area contributed by atoms with Gasteiger partial charge in [0.15, 0.2) is 0 Å². The van der Waals surface area contributed by atoms with Crippen molar-refractivity contribution in [2.75, 3.05) is 38.1 Å². The number of aromatic nitrogens is 1. The number of piperidine rings is 1. The van der Waals surface area contributed by atoms with Crippen LogP contribution >= 0.6 is 11.6 Å². The predicted molar refractivity (Wildman–Crippen MR) is 104 cm³/mol. The van der Waals surface area contributed by atoms with E-state index in [0.717, 1.165) is 60.0 Å². The fourth-order valence-electron chi connectivity index (χ4n) is 3.95. The highest BCUT2D eigenvalue weighted by atomic mass is 35.5. The van der Waals surface area contributed by atoms with Crippen LogP contribution in [0.15, 0.2) is 18.2 Å². The zero-order valence-corrected chi connectivity index (χ0v) is 15.6. The second kappa shape index (κ2) is 7.38. The van der Waals surface area contributed by atoms with Crippen LogP contribution in [0, 0.1) is 5.92 Å². The Balaban J connectivity index is 1.56. The van der Waals surface area contributed by atoms with Gasteiger partial charge >= 0.3 is 0 Å². The molecule has 134 valence electrons. The summed E-state index contributed by atoms with van der Waals surface area (Å²) in [6.45, 7) is 7.54. The molecule has 3 heterocycles. The van der Waals surface area contributed by atoms with Crippen molar-refractivity contribution in [1.29, 1.82) is 0 Å². The van der Waals surface area contributed by atoms with Gasteiger partial charge in [-0.15, -0.1) is 0 Å². The average molecular weight is 360 g/mol. The molecule has 2 aromatic rings. The summed E-state index contributed by atoms with van der Waals surface area (Å²) in [6.07, 6.45) is 4.57.